The molecule has 0 amide bonds. The van der Waals surface area contributed by atoms with Gasteiger partial charge in [0.2, 0.25) is 0 Å². The molecule has 0 spiro atoms. The highest BCUT2D eigenvalue weighted by Gasteiger charge is 2.28. The van der Waals surface area contributed by atoms with Crippen LogP contribution in [-0.4, -0.2) is 24.0 Å². The van der Waals surface area contributed by atoms with Crippen LogP contribution in [-0.2, 0) is 6.42 Å². The van der Waals surface area contributed by atoms with Crippen LogP contribution in [0.15, 0.2) is 28.7 Å². The van der Waals surface area contributed by atoms with Gasteiger partial charge in [-0.15, -0.1) is 0 Å². The summed E-state index contributed by atoms with van der Waals surface area (Å²) in [6.45, 7) is 6.47. The minimum absolute atomic E-state index is 0.316. The molecule has 1 aliphatic rings. The molecule has 0 bridgehead atoms. The number of rotatable bonds is 3. The molecule has 1 aromatic carbocycles. The second kappa shape index (κ2) is 4.99. The van der Waals surface area contributed by atoms with E-state index in [4.69, 9.17) is 10.2 Å². The van der Waals surface area contributed by atoms with Gasteiger partial charge in [-0.2, -0.15) is 0 Å². The molecular weight excluding hydrogens is 236 g/mol. The fourth-order valence-electron chi connectivity index (χ4n) is 3.15. The normalized spacial score (nSPS) is 22.2. The molecule has 2 unspecified atom stereocenters. The summed E-state index contributed by atoms with van der Waals surface area (Å²) in [7, 11) is 0. The minimum Gasteiger partial charge on any atom is -0.459 e. The van der Waals surface area contributed by atoms with E-state index in [9.17, 15) is 0 Å². The first kappa shape index (κ1) is 12.7. The van der Waals surface area contributed by atoms with Crippen molar-refractivity contribution < 1.29 is 4.42 Å². The summed E-state index contributed by atoms with van der Waals surface area (Å²) in [4.78, 5) is 2.43. The van der Waals surface area contributed by atoms with Gasteiger partial charge in [0.15, 0.2) is 0 Å². The van der Waals surface area contributed by atoms with Crippen molar-refractivity contribution in [2.75, 3.05) is 13.1 Å². The predicted octanol–water partition coefficient (Wildman–Crippen LogP) is 3.09. The van der Waals surface area contributed by atoms with Crippen molar-refractivity contribution in [3.05, 3.63) is 35.6 Å². The SMILES string of the molecule is CCc1c(C(C)N2CCC(N)C2)oc2ccccc12. The highest BCUT2D eigenvalue weighted by atomic mass is 16.3. The Hall–Kier alpha value is -1.32. The first-order valence-electron chi connectivity index (χ1n) is 7.20. The lowest BCUT2D eigenvalue weighted by atomic mass is 10.0. The van der Waals surface area contributed by atoms with Crippen molar-refractivity contribution in [1.82, 2.24) is 4.90 Å². The number of hydrogen-bond donors (Lipinski definition) is 1. The van der Waals surface area contributed by atoms with Gasteiger partial charge in [-0.25, -0.2) is 0 Å². The van der Waals surface area contributed by atoms with Crippen LogP contribution >= 0.6 is 0 Å². The summed E-state index contributed by atoms with van der Waals surface area (Å²) in [6.07, 6.45) is 2.10. The lowest BCUT2D eigenvalue weighted by Gasteiger charge is -2.23. The Balaban J connectivity index is 1.99. The van der Waals surface area contributed by atoms with E-state index < -0.39 is 0 Å². The van der Waals surface area contributed by atoms with Crippen LogP contribution in [0.5, 0.6) is 0 Å². The highest BCUT2D eigenvalue weighted by molar-refractivity contribution is 5.82. The Kier molecular flexibility index (Phi) is 3.33. The summed E-state index contributed by atoms with van der Waals surface area (Å²) in [5.74, 6) is 1.12. The molecule has 0 radical (unpaired) electrons. The van der Waals surface area contributed by atoms with E-state index in [-0.39, 0.29) is 0 Å². The number of fused-ring (bicyclic) bond motifs is 1. The van der Waals surface area contributed by atoms with E-state index in [2.05, 4.69) is 36.9 Å². The number of furan rings is 1. The van der Waals surface area contributed by atoms with Gasteiger partial charge in [0, 0.05) is 30.1 Å². The Bertz CT molecular complexity index is 575. The maximum absolute atomic E-state index is 6.12. The number of likely N-dealkylation sites (tertiary alicyclic amines) is 1. The van der Waals surface area contributed by atoms with Crippen molar-refractivity contribution in [3.63, 3.8) is 0 Å². The highest BCUT2D eigenvalue weighted by Crippen LogP contribution is 2.34. The molecule has 102 valence electrons. The van der Waals surface area contributed by atoms with Crippen LogP contribution in [0.2, 0.25) is 0 Å². The third kappa shape index (κ3) is 2.17. The Morgan fingerprint density at radius 2 is 2.21 bits per heavy atom. The third-order valence-corrected chi connectivity index (χ3v) is 4.27. The third-order valence-electron chi connectivity index (χ3n) is 4.27. The Labute approximate surface area is 114 Å². The van der Waals surface area contributed by atoms with E-state index >= 15 is 0 Å². The molecule has 3 heteroatoms. The van der Waals surface area contributed by atoms with Gasteiger partial charge < -0.3 is 10.2 Å². The fraction of sp³-hybridized carbons (Fsp3) is 0.500. The van der Waals surface area contributed by atoms with Crippen LogP contribution in [0.4, 0.5) is 0 Å². The molecule has 1 aliphatic heterocycles. The van der Waals surface area contributed by atoms with Gasteiger partial charge >= 0.3 is 0 Å². The lowest BCUT2D eigenvalue weighted by Crippen LogP contribution is -2.29. The number of hydrogen-bond acceptors (Lipinski definition) is 3. The molecular formula is C16H22N2O. The number of nitrogens with zero attached hydrogens (tertiary/aromatic N) is 1. The van der Waals surface area contributed by atoms with Crippen LogP contribution in [0, 0.1) is 0 Å². The molecule has 3 nitrogen and oxygen atoms in total. The topological polar surface area (TPSA) is 42.4 Å². The average molecular weight is 258 g/mol. The van der Waals surface area contributed by atoms with Gasteiger partial charge in [-0.05, 0) is 25.8 Å². The summed E-state index contributed by atoms with van der Waals surface area (Å²) in [6, 6.07) is 8.96. The number of nitrogens with two attached hydrogens (primary N) is 1. The van der Waals surface area contributed by atoms with Gasteiger partial charge in [-0.3, -0.25) is 4.90 Å². The maximum atomic E-state index is 6.12. The maximum Gasteiger partial charge on any atom is 0.134 e. The second-order valence-electron chi connectivity index (χ2n) is 5.51. The Morgan fingerprint density at radius 3 is 2.89 bits per heavy atom. The van der Waals surface area contributed by atoms with Crippen LogP contribution in [0.25, 0.3) is 11.0 Å². The monoisotopic (exact) mass is 258 g/mol. The van der Waals surface area contributed by atoms with E-state index in [0.29, 0.717) is 12.1 Å². The van der Waals surface area contributed by atoms with E-state index in [0.717, 1.165) is 37.3 Å². The summed E-state index contributed by atoms with van der Waals surface area (Å²) in [5, 5.41) is 1.26. The molecule has 19 heavy (non-hydrogen) atoms. The minimum atomic E-state index is 0.316. The predicted molar refractivity (Wildman–Crippen MR) is 78.2 cm³/mol. The van der Waals surface area contributed by atoms with Gasteiger partial charge in [-0.1, -0.05) is 25.1 Å². The standard InChI is InChI=1S/C16H22N2O/c1-3-13-14-6-4-5-7-15(14)19-16(13)11(2)18-9-8-12(17)10-18/h4-7,11-12H,3,8-10,17H2,1-2H3. The molecule has 2 atom stereocenters. The van der Waals surface area contributed by atoms with Crippen LogP contribution in [0.1, 0.15) is 37.6 Å². The van der Waals surface area contributed by atoms with Gasteiger partial charge in [0.1, 0.15) is 11.3 Å². The van der Waals surface area contributed by atoms with Crippen molar-refractivity contribution >= 4 is 11.0 Å². The van der Waals surface area contributed by atoms with Crippen LogP contribution < -0.4 is 5.73 Å². The molecule has 2 aromatic rings. The van der Waals surface area contributed by atoms with Crippen molar-refractivity contribution in [2.24, 2.45) is 5.73 Å². The number of aryl methyl sites for hydroxylation is 1. The van der Waals surface area contributed by atoms with Crippen molar-refractivity contribution in [3.8, 4) is 0 Å². The molecule has 3 rings (SSSR count). The second-order valence-corrected chi connectivity index (χ2v) is 5.51. The molecule has 1 aromatic heterocycles. The molecule has 2 heterocycles. The van der Waals surface area contributed by atoms with E-state index in [1.807, 2.05) is 6.07 Å². The largest absolute Gasteiger partial charge is 0.459 e. The van der Waals surface area contributed by atoms with Crippen LogP contribution in [0.3, 0.4) is 0 Å². The molecule has 0 aliphatic carbocycles. The number of benzene rings is 1. The van der Waals surface area contributed by atoms with Gasteiger partial charge in [0.25, 0.3) is 0 Å². The molecule has 0 saturated carbocycles. The smallest absolute Gasteiger partial charge is 0.134 e. The first-order chi connectivity index (χ1) is 9.20. The van der Waals surface area contributed by atoms with Crippen molar-refractivity contribution in [1.29, 1.82) is 0 Å². The molecule has 1 saturated heterocycles. The molecule has 2 N–H and O–H groups in total. The zero-order valence-corrected chi connectivity index (χ0v) is 11.7. The zero-order valence-electron chi connectivity index (χ0n) is 11.7. The summed E-state index contributed by atoms with van der Waals surface area (Å²) >= 11 is 0. The zero-order chi connectivity index (χ0) is 13.4. The quantitative estimate of drug-likeness (QED) is 0.920. The molecule has 1 fully saturated rings. The van der Waals surface area contributed by atoms with Crippen molar-refractivity contribution in [2.45, 2.75) is 38.8 Å². The summed E-state index contributed by atoms with van der Waals surface area (Å²) in [5.41, 5.74) is 8.37. The van der Waals surface area contributed by atoms with Gasteiger partial charge in [0.05, 0.1) is 6.04 Å². The number of para-hydroxylation sites is 1. The lowest BCUT2D eigenvalue weighted by molar-refractivity contribution is 0.231. The summed E-state index contributed by atoms with van der Waals surface area (Å²) < 4.78 is 6.12. The Morgan fingerprint density at radius 1 is 1.42 bits per heavy atom. The van der Waals surface area contributed by atoms with E-state index in [1.165, 1.54) is 10.9 Å². The fourth-order valence-corrected chi connectivity index (χ4v) is 3.15. The van der Waals surface area contributed by atoms with E-state index in [1.54, 1.807) is 0 Å². The average Bonchev–Trinajstić information content (AvgIpc) is 3.01. The first-order valence-corrected chi connectivity index (χ1v) is 7.20.